The average molecular weight is 345 g/mol. The van der Waals surface area contributed by atoms with Crippen LogP contribution in [0, 0.1) is 0 Å². The monoisotopic (exact) mass is 344 g/mol. The SMILES string of the molecule is O=S1(=O)CC[C@@H](N(Cc2ccnc(Cl)c2)C[C@@H]2CCCO2)C1. The standard InChI is InChI=1S/C15H21ClN2O3S/c16-15-8-12(3-5-17-15)9-18(10-14-2-1-6-21-14)13-4-7-22(19,20)11-13/h3,5,8,13-14H,1-2,4,6-7,9-11H2/t13-,14+/m1/s1. The molecule has 0 bridgehead atoms. The van der Waals surface area contributed by atoms with Gasteiger partial charge in [-0.2, -0.15) is 0 Å². The highest BCUT2D eigenvalue weighted by atomic mass is 35.5. The van der Waals surface area contributed by atoms with Gasteiger partial charge in [-0.1, -0.05) is 11.6 Å². The quantitative estimate of drug-likeness (QED) is 0.763. The molecule has 2 atom stereocenters. The Bertz CT molecular complexity index is 617. The second-order valence-electron chi connectivity index (χ2n) is 6.11. The lowest BCUT2D eigenvalue weighted by Gasteiger charge is -2.30. The molecule has 2 aliphatic rings. The highest BCUT2D eigenvalue weighted by molar-refractivity contribution is 7.91. The van der Waals surface area contributed by atoms with Crippen LogP contribution in [0.2, 0.25) is 5.15 Å². The van der Waals surface area contributed by atoms with E-state index in [1.165, 1.54) is 0 Å². The molecule has 2 saturated heterocycles. The van der Waals surface area contributed by atoms with Gasteiger partial charge in [0.2, 0.25) is 0 Å². The van der Waals surface area contributed by atoms with Crippen LogP contribution in [0.1, 0.15) is 24.8 Å². The second-order valence-corrected chi connectivity index (χ2v) is 8.72. The van der Waals surface area contributed by atoms with Gasteiger partial charge < -0.3 is 4.74 Å². The van der Waals surface area contributed by atoms with Crippen LogP contribution < -0.4 is 0 Å². The Hall–Kier alpha value is -0.690. The van der Waals surface area contributed by atoms with Crippen molar-refractivity contribution in [3.05, 3.63) is 29.0 Å². The molecular weight excluding hydrogens is 324 g/mol. The van der Waals surface area contributed by atoms with E-state index in [0.29, 0.717) is 18.1 Å². The maximum atomic E-state index is 11.8. The Labute approximate surface area is 136 Å². The smallest absolute Gasteiger partial charge is 0.151 e. The molecule has 3 rings (SSSR count). The minimum Gasteiger partial charge on any atom is -0.377 e. The van der Waals surface area contributed by atoms with Crippen molar-refractivity contribution in [2.75, 3.05) is 24.7 Å². The van der Waals surface area contributed by atoms with E-state index in [-0.39, 0.29) is 23.7 Å². The Kier molecular flexibility index (Phi) is 5.02. The minimum absolute atomic E-state index is 0.0705. The molecule has 0 spiro atoms. The van der Waals surface area contributed by atoms with Crippen molar-refractivity contribution in [3.8, 4) is 0 Å². The molecule has 0 N–H and O–H groups in total. The van der Waals surface area contributed by atoms with Crippen LogP contribution in [0.3, 0.4) is 0 Å². The first-order valence-corrected chi connectivity index (χ1v) is 9.88. The van der Waals surface area contributed by atoms with E-state index in [1.54, 1.807) is 6.20 Å². The lowest BCUT2D eigenvalue weighted by atomic mass is 10.1. The molecule has 0 aromatic carbocycles. The summed E-state index contributed by atoms with van der Waals surface area (Å²) in [7, 11) is -2.90. The van der Waals surface area contributed by atoms with Gasteiger partial charge in [-0.25, -0.2) is 13.4 Å². The number of pyridine rings is 1. The van der Waals surface area contributed by atoms with Gasteiger partial charge in [-0.05, 0) is 37.0 Å². The molecule has 2 aliphatic heterocycles. The largest absolute Gasteiger partial charge is 0.377 e. The number of rotatable bonds is 5. The molecule has 0 radical (unpaired) electrons. The van der Waals surface area contributed by atoms with Crippen LogP contribution in [0.25, 0.3) is 0 Å². The number of hydrogen-bond acceptors (Lipinski definition) is 5. The first kappa shape index (κ1) is 16.2. The van der Waals surface area contributed by atoms with Gasteiger partial charge in [0.15, 0.2) is 9.84 Å². The number of nitrogens with zero attached hydrogens (tertiary/aromatic N) is 2. The average Bonchev–Trinajstić information content (AvgIpc) is 3.07. The molecule has 0 unspecified atom stereocenters. The third kappa shape index (κ3) is 4.19. The van der Waals surface area contributed by atoms with Crippen LogP contribution in [0.15, 0.2) is 18.3 Å². The molecule has 1 aromatic heterocycles. The molecule has 2 fully saturated rings. The number of ether oxygens (including phenoxy) is 1. The zero-order valence-corrected chi connectivity index (χ0v) is 14.0. The maximum absolute atomic E-state index is 11.8. The van der Waals surface area contributed by atoms with Crippen molar-refractivity contribution in [1.29, 1.82) is 0 Å². The van der Waals surface area contributed by atoms with Crippen molar-refractivity contribution in [3.63, 3.8) is 0 Å². The van der Waals surface area contributed by atoms with Gasteiger partial charge in [-0.15, -0.1) is 0 Å². The Morgan fingerprint density at radius 1 is 1.41 bits per heavy atom. The highest BCUT2D eigenvalue weighted by Gasteiger charge is 2.33. The van der Waals surface area contributed by atoms with E-state index >= 15 is 0 Å². The summed E-state index contributed by atoms with van der Waals surface area (Å²) in [4.78, 5) is 6.24. The van der Waals surface area contributed by atoms with E-state index in [4.69, 9.17) is 16.3 Å². The molecule has 122 valence electrons. The zero-order valence-electron chi connectivity index (χ0n) is 12.4. The molecule has 0 saturated carbocycles. The Morgan fingerprint density at radius 2 is 2.27 bits per heavy atom. The first-order valence-electron chi connectivity index (χ1n) is 7.68. The summed E-state index contributed by atoms with van der Waals surface area (Å²) >= 11 is 5.95. The molecule has 0 amide bonds. The summed E-state index contributed by atoms with van der Waals surface area (Å²) in [5.74, 6) is 0.537. The lowest BCUT2D eigenvalue weighted by molar-refractivity contribution is 0.0574. The minimum atomic E-state index is -2.90. The van der Waals surface area contributed by atoms with Gasteiger partial charge in [0.25, 0.3) is 0 Å². The summed E-state index contributed by atoms with van der Waals surface area (Å²) in [5, 5.41) is 0.466. The van der Waals surface area contributed by atoms with E-state index in [2.05, 4.69) is 9.88 Å². The van der Waals surface area contributed by atoms with Crippen molar-refractivity contribution >= 4 is 21.4 Å². The van der Waals surface area contributed by atoms with Crippen molar-refractivity contribution in [2.24, 2.45) is 0 Å². The van der Waals surface area contributed by atoms with E-state index in [0.717, 1.165) is 31.6 Å². The Morgan fingerprint density at radius 3 is 2.91 bits per heavy atom. The maximum Gasteiger partial charge on any atom is 0.151 e. The summed E-state index contributed by atoms with van der Waals surface area (Å²) in [5.41, 5.74) is 1.06. The topological polar surface area (TPSA) is 59.5 Å². The van der Waals surface area contributed by atoms with Gasteiger partial charge in [0, 0.05) is 31.9 Å². The van der Waals surface area contributed by atoms with Crippen LogP contribution >= 0.6 is 11.6 Å². The van der Waals surface area contributed by atoms with Gasteiger partial charge in [0.1, 0.15) is 5.15 Å². The highest BCUT2D eigenvalue weighted by Crippen LogP contribution is 2.23. The van der Waals surface area contributed by atoms with Gasteiger partial charge in [-0.3, -0.25) is 4.90 Å². The van der Waals surface area contributed by atoms with E-state index < -0.39 is 9.84 Å². The fourth-order valence-electron chi connectivity index (χ4n) is 3.23. The van der Waals surface area contributed by atoms with E-state index in [9.17, 15) is 8.42 Å². The number of aromatic nitrogens is 1. The predicted octanol–water partition coefficient (Wildman–Crippen LogP) is 1.90. The third-order valence-electron chi connectivity index (χ3n) is 4.36. The molecule has 22 heavy (non-hydrogen) atoms. The first-order chi connectivity index (χ1) is 10.5. The van der Waals surface area contributed by atoms with Gasteiger partial charge >= 0.3 is 0 Å². The summed E-state index contributed by atoms with van der Waals surface area (Å²) < 4.78 is 29.3. The third-order valence-corrected chi connectivity index (χ3v) is 6.32. The summed E-state index contributed by atoms with van der Waals surface area (Å²) in [6.45, 7) is 2.27. The normalized spacial score (nSPS) is 27.5. The summed E-state index contributed by atoms with van der Waals surface area (Å²) in [6, 6.07) is 3.84. The van der Waals surface area contributed by atoms with E-state index in [1.807, 2.05) is 12.1 Å². The van der Waals surface area contributed by atoms with Crippen molar-refractivity contribution in [1.82, 2.24) is 9.88 Å². The fraction of sp³-hybridized carbons (Fsp3) is 0.667. The van der Waals surface area contributed by atoms with Crippen LogP contribution in [-0.4, -0.2) is 55.1 Å². The number of hydrogen-bond donors (Lipinski definition) is 0. The molecule has 7 heteroatoms. The lowest BCUT2D eigenvalue weighted by Crippen LogP contribution is -2.40. The zero-order chi connectivity index (χ0) is 15.6. The number of sulfone groups is 1. The predicted molar refractivity (Wildman–Crippen MR) is 85.7 cm³/mol. The molecule has 0 aliphatic carbocycles. The molecular formula is C15H21ClN2O3S. The fourth-order valence-corrected chi connectivity index (χ4v) is 5.19. The van der Waals surface area contributed by atoms with Gasteiger partial charge in [0.05, 0.1) is 17.6 Å². The molecule has 1 aromatic rings. The number of halogens is 1. The second kappa shape index (κ2) is 6.83. The van der Waals surface area contributed by atoms with Crippen LogP contribution in [-0.2, 0) is 21.1 Å². The Balaban J connectivity index is 1.73. The molecule has 3 heterocycles. The van der Waals surface area contributed by atoms with Crippen molar-refractivity contribution in [2.45, 2.75) is 38.0 Å². The van der Waals surface area contributed by atoms with Crippen LogP contribution in [0.4, 0.5) is 0 Å². The molecule has 5 nitrogen and oxygen atoms in total. The van der Waals surface area contributed by atoms with Crippen molar-refractivity contribution < 1.29 is 13.2 Å². The van der Waals surface area contributed by atoms with Crippen LogP contribution in [0.5, 0.6) is 0 Å². The summed E-state index contributed by atoms with van der Waals surface area (Å²) in [6.07, 6.45) is 4.73.